The van der Waals surface area contributed by atoms with Crippen LogP contribution in [0.5, 0.6) is 0 Å². The topological polar surface area (TPSA) is 92.3 Å². The SMILES string of the molecule is COCc1cc(NC(=O)NC2CCN(c3ccccn3)C2)ncn1. The third-order valence-corrected chi connectivity index (χ3v) is 3.75. The largest absolute Gasteiger partial charge is 0.378 e. The molecule has 3 heterocycles. The summed E-state index contributed by atoms with van der Waals surface area (Å²) in [7, 11) is 1.59. The van der Waals surface area contributed by atoms with Gasteiger partial charge in [0.15, 0.2) is 0 Å². The summed E-state index contributed by atoms with van der Waals surface area (Å²) in [5.74, 6) is 1.39. The summed E-state index contributed by atoms with van der Waals surface area (Å²) in [5.41, 5.74) is 0.713. The second-order valence-electron chi connectivity index (χ2n) is 5.55. The van der Waals surface area contributed by atoms with Crippen molar-refractivity contribution in [2.45, 2.75) is 19.1 Å². The van der Waals surface area contributed by atoms with Gasteiger partial charge in [-0.1, -0.05) is 6.07 Å². The second-order valence-corrected chi connectivity index (χ2v) is 5.55. The van der Waals surface area contributed by atoms with E-state index in [-0.39, 0.29) is 12.1 Å². The molecule has 3 rings (SSSR count). The zero-order valence-electron chi connectivity index (χ0n) is 13.5. The molecule has 1 fully saturated rings. The van der Waals surface area contributed by atoms with Crippen LogP contribution in [0.15, 0.2) is 36.8 Å². The van der Waals surface area contributed by atoms with Gasteiger partial charge in [0.2, 0.25) is 0 Å². The minimum atomic E-state index is -0.273. The van der Waals surface area contributed by atoms with Gasteiger partial charge in [0, 0.05) is 38.5 Å². The van der Waals surface area contributed by atoms with Crippen LogP contribution in [-0.2, 0) is 11.3 Å². The molecule has 1 saturated heterocycles. The van der Waals surface area contributed by atoms with E-state index in [1.165, 1.54) is 6.33 Å². The number of carbonyl (C=O) groups is 1. The van der Waals surface area contributed by atoms with Crippen LogP contribution in [0.3, 0.4) is 0 Å². The molecule has 0 radical (unpaired) electrons. The normalized spacial score (nSPS) is 16.9. The molecule has 1 aliphatic rings. The van der Waals surface area contributed by atoms with Gasteiger partial charge in [0.05, 0.1) is 12.3 Å². The van der Waals surface area contributed by atoms with Crippen molar-refractivity contribution in [1.82, 2.24) is 20.3 Å². The molecule has 8 nitrogen and oxygen atoms in total. The summed E-state index contributed by atoms with van der Waals surface area (Å²) in [6, 6.07) is 7.32. The number of ether oxygens (including phenoxy) is 1. The Bertz CT molecular complexity index is 681. The van der Waals surface area contributed by atoms with E-state index in [1.807, 2.05) is 18.2 Å². The molecule has 2 N–H and O–H groups in total. The standard InChI is InChI=1S/C16H20N6O2/c1-24-10-13-8-14(19-11-18-13)21-16(23)20-12-5-7-22(9-12)15-4-2-3-6-17-15/h2-4,6,8,11-12H,5,7,9-10H2,1H3,(H2,18,19,20,21,23). The second kappa shape index (κ2) is 7.69. The minimum absolute atomic E-state index is 0.0762. The van der Waals surface area contributed by atoms with Crippen molar-refractivity contribution in [2.75, 3.05) is 30.4 Å². The molecule has 2 aromatic heterocycles. The molecule has 1 atom stereocenters. The predicted molar refractivity (Wildman–Crippen MR) is 89.8 cm³/mol. The van der Waals surface area contributed by atoms with Gasteiger partial charge in [-0.2, -0.15) is 0 Å². The first kappa shape index (κ1) is 16.1. The van der Waals surface area contributed by atoms with Gasteiger partial charge in [-0.3, -0.25) is 5.32 Å². The molecular weight excluding hydrogens is 308 g/mol. The number of aromatic nitrogens is 3. The van der Waals surface area contributed by atoms with E-state index in [1.54, 1.807) is 19.4 Å². The smallest absolute Gasteiger partial charge is 0.320 e. The first-order valence-corrected chi connectivity index (χ1v) is 7.78. The van der Waals surface area contributed by atoms with E-state index in [9.17, 15) is 4.79 Å². The van der Waals surface area contributed by atoms with Crippen molar-refractivity contribution in [3.8, 4) is 0 Å². The van der Waals surface area contributed by atoms with Crippen molar-refractivity contribution < 1.29 is 9.53 Å². The molecule has 8 heteroatoms. The summed E-state index contributed by atoms with van der Waals surface area (Å²) in [6.07, 6.45) is 4.06. The van der Waals surface area contributed by atoms with Crippen LogP contribution in [0.2, 0.25) is 0 Å². The van der Waals surface area contributed by atoms with Crippen molar-refractivity contribution in [3.63, 3.8) is 0 Å². The Morgan fingerprint density at radius 3 is 3.08 bits per heavy atom. The first-order valence-electron chi connectivity index (χ1n) is 7.78. The van der Waals surface area contributed by atoms with Gasteiger partial charge >= 0.3 is 6.03 Å². The summed E-state index contributed by atoms with van der Waals surface area (Å²) in [4.78, 5) is 26.7. The monoisotopic (exact) mass is 328 g/mol. The Balaban J connectivity index is 1.51. The number of carbonyl (C=O) groups excluding carboxylic acids is 1. The highest BCUT2D eigenvalue weighted by Crippen LogP contribution is 2.17. The molecule has 2 aromatic rings. The van der Waals surface area contributed by atoms with E-state index < -0.39 is 0 Å². The highest BCUT2D eigenvalue weighted by Gasteiger charge is 2.24. The van der Waals surface area contributed by atoms with Gasteiger partial charge in [-0.25, -0.2) is 19.7 Å². The third-order valence-electron chi connectivity index (χ3n) is 3.75. The van der Waals surface area contributed by atoms with Crippen LogP contribution in [-0.4, -0.2) is 47.2 Å². The molecular formula is C16H20N6O2. The summed E-state index contributed by atoms with van der Waals surface area (Å²) >= 11 is 0. The van der Waals surface area contributed by atoms with Crippen molar-refractivity contribution in [3.05, 3.63) is 42.5 Å². The molecule has 0 aliphatic carbocycles. The summed E-state index contributed by atoms with van der Waals surface area (Å²) in [5, 5.41) is 5.70. The minimum Gasteiger partial charge on any atom is -0.378 e. The Kier molecular flexibility index (Phi) is 5.17. The number of methoxy groups -OCH3 is 1. The molecule has 0 spiro atoms. The van der Waals surface area contributed by atoms with Gasteiger partial charge in [-0.15, -0.1) is 0 Å². The zero-order valence-corrected chi connectivity index (χ0v) is 13.5. The molecule has 1 aliphatic heterocycles. The lowest BCUT2D eigenvalue weighted by atomic mass is 10.3. The quantitative estimate of drug-likeness (QED) is 0.862. The van der Waals surface area contributed by atoms with Crippen LogP contribution in [0.25, 0.3) is 0 Å². The Hall–Kier alpha value is -2.74. The van der Waals surface area contributed by atoms with Crippen molar-refractivity contribution >= 4 is 17.7 Å². The maximum Gasteiger partial charge on any atom is 0.320 e. The van der Waals surface area contributed by atoms with E-state index in [0.29, 0.717) is 18.1 Å². The molecule has 2 amide bonds. The first-order chi connectivity index (χ1) is 11.7. The van der Waals surface area contributed by atoms with Crippen LogP contribution in [0.1, 0.15) is 12.1 Å². The summed E-state index contributed by atoms with van der Waals surface area (Å²) < 4.78 is 5.02. The van der Waals surface area contributed by atoms with Crippen LogP contribution < -0.4 is 15.5 Å². The van der Waals surface area contributed by atoms with Crippen molar-refractivity contribution in [2.24, 2.45) is 0 Å². The van der Waals surface area contributed by atoms with Gasteiger partial charge < -0.3 is 15.0 Å². The predicted octanol–water partition coefficient (Wildman–Crippen LogP) is 1.42. The van der Waals surface area contributed by atoms with Crippen molar-refractivity contribution in [1.29, 1.82) is 0 Å². The third kappa shape index (κ3) is 4.17. The van der Waals surface area contributed by atoms with Gasteiger partial charge in [0.25, 0.3) is 0 Å². The number of anilines is 2. The molecule has 24 heavy (non-hydrogen) atoms. The number of urea groups is 1. The van der Waals surface area contributed by atoms with E-state index in [2.05, 4.69) is 30.5 Å². The maximum atomic E-state index is 12.1. The highest BCUT2D eigenvalue weighted by atomic mass is 16.5. The molecule has 0 aromatic carbocycles. The molecule has 1 unspecified atom stereocenters. The highest BCUT2D eigenvalue weighted by molar-refractivity contribution is 5.88. The lowest BCUT2D eigenvalue weighted by Crippen LogP contribution is -2.40. The summed E-state index contributed by atoms with van der Waals surface area (Å²) in [6.45, 7) is 1.98. The zero-order chi connectivity index (χ0) is 16.8. The lowest BCUT2D eigenvalue weighted by molar-refractivity contribution is 0.181. The number of nitrogens with zero attached hydrogens (tertiary/aromatic N) is 4. The fourth-order valence-corrected chi connectivity index (χ4v) is 2.66. The lowest BCUT2D eigenvalue weighted by Gasteiger charge is -2.17. The number of amides is 2. The molecule has 0 saturated carbocycles. The van der Waals surface area contributed by atoms with Gasteiger partial charge in [-0.05, 0) is 18.6 Å². The Morgan fingerprint density at radius 2 is 2.29 bits per heavy atom. The van der Waals surface area contributed by atoms with Gasteiger partial charge in [0.1, 0.15) is 18.0 Å². The van der Waals surface area contributed by atoms with E-state index in [0.717, 1.165) is 25.3 Å². The number of nitrogens with one attached hydrogen (secondary N) is 2. The number of rotatable bonds is 5. The number of pyridine rings is 1. The average molecular weight is 328 g/mol. The number of hydrogen-bond donors (Lipinski definition) is 2. The van der Waals surface area contributed by atoms with Crippen LogP contribution >= 0.6 is 0 Å². The maximum absolute atomic E-state index is 12.1. The molecule has 126 valence electrons. The molecule has 0 bridgehead atoms. The fraction of sp³-hybridized carbons (Fsp3) is 0.375. The number of hydrogen-bond acceptors (Lipinski definition) is 6. The Morgan fingerprint density at radius 1 is 1.38 bits per heavy atom. The Labute approximate surface area is 140 Å². The van der Waals surface area contributed by atoms with E-state index in [4.69, 9.17) is 4.74 Å². The van der Waals surface area contributed by atoms with E-state index >= 15 is 0 Å². The fourth-order valence-electron chi connectivity index (χ4n) is 2.66. The van der Waals surface area contributed by atoms with Crippen LogP contribution in [0.4, 0.5) is 16.4 Å². The van der Waals surface area contributed by atoms with Crippen LogP contribution in [0, 0.1) is 0 Å². The average Bonchev–Trinajstić information content (AvgIpc) is 3.04.